The van der Waals surface area contributed by atoms with Crippen molar-refractivity contribution in [1.29, 1.82) is 0 Å². The van der Waals surface area contributed by atoms with Gasteiger partial charge >= 0.3 is 0 Å². The first-order valence-corrected chi connectivity index (χ1v) is 8.02. The van der Waals surface area contributed by atoms with Gasteiger partial charge in [0.25, 0.3) is 5.91 Å². The Morgan fingerprint density at radius 1 is 1.29 bits per heavy atom. The predicted octanol–water partition coefficient (Wildman–Crippen LogP) is 1.72. The Hall–Kier alpha value is -1.79. The SMILES string of the molecule is O=C(NCCSCCCO)c1ccc(-n2ccnc2)cc1. The number of amides is 1. The van der Waals surface area contributed by atoms with E-state index in [9.17, 15) is 4.79 Å². The minimum atomic E-state index is -0.0602. The van der Waals surface area contributed by atoms with E-state index in [0.717, 1.165) is 23.6 Å². The number of carbonyl (C=O) groups excluding carboxylic acids is 1. The Morgan fingerprint density at radius 2 is 2.10 bits per heavy atom. The van der Waals surface area contributed by atoms with Crippen LogP contribution in [0.15, 0.2) is 43.0 Å². The number of benzene rings is 1. The third-order valence-corrected chi connectivity index (χ3v) is 3.98. The van der Waals surface area contributed by atoms with Gasteiger partial charge in [-0.3, -0.25) is 4.79 Å². The molecule has 1 amide bonds. The summed E-state index contributed by atoms with van der Waals surface area (Å²) in [5.74, 6) is 1.72. The van der Waals surface area contributed by atoms with Gasteiger partial charge in [-0.2, -0.15) is 11.8 Å². The number of nitrogens with one attached hydrogen (secondary N) is 1. The maximum Gasteiger partial charge on any atom is 0.251 e. The van der Waals surface area contributed by atoms with Crippen molar-refractivity contribution in [2.75, 3.05) is 24.7 Å². The molecule has 0 atom stereocenters. The molecule has 1 aromatic heterocycles. The number of hydrogen-bond donors (Lipinski definition) is 2. The summed E-state index contributed by atoms with van der Waals surface area (Å²) >= 11 is 1.73. The Kier molecular flexibility index (Phi) is 6.30. The van der Waals surface area contributed by atoms with Gasteiger partial charge in [0.05, 0.1) is 6.33 Å². The first kappa shape index (κ1) is 15.6. The fraction of sp³-hybridized carbons (Fsp3) is 0.333. The Bertz CT molecular complexity index is 541. The highest BCUT2D eigenvalue weighted by atomic mass is 32.2. The lowest BCUT2D eigenvalue weighted by Gasteiger charge is -2.06. The van der Waals surface area contributed by atoms with Crippen molar-refractivity contribution in [2.24, 2.45) is 0 Å². The number of carbonyl (C=O) groups is 1. The zero-order valence-electron chi connectivity index (χ0n) is 11.7. The zero-order valence-corrected chi connectivity index (χ0v) is 12.6. The topological polar surface area (TPSA) is 67.2 Å². The third-order valence-electron chi connectivity index (χ3n) is 2.91. The predicted molar refractivity (Wildman–Crippen MR) is 84.9 cm³/mol. The summed E-state index contributed by atoms with van der Waals surface area (Å²) in [4.78, 5) is 15.9. The van der Waals surface area contributed by atoms with E-state index in [0.29, 0.717) is 12.1 Å². The molecule has 0 aliphatic rings. The van der Waals surface area contributed by atoms with E-state index in [-0.39, 0.29) is 12.5 Å². The monoisotopic (exact) mass is 305 g/mol. The van der Waals surface area contributed by atoms with Gasteiger partial charge in [0.2, 0.25) is 0 Å². The van der Waals surface area contributed by atoms with Crippen molar-refractivity contribution >= 4 is 17.7 Å². The van der Waals surface area contributed by atoms with Crippen LogP contribution in [0.1, 0.15) is 16.8 Å². The Morgan fingerprint density at radius 3 is 2.76 bits per heavy atom. The van der Waals surface area contributed by atoms with E-state index in [1.807, 2.05) is 35.0 Å². The van der Waals surface area contributed by atoms with Crippen molar-refractivity contribution in [3.05, 3.63) is 48.5 Å². The van der Waals surface area contributed by atoms with Crippen molar-refractivity contribution in [3.8, 4) is 5.69 Å². The van der Waals surface area contributed by atoms with Crippen molar-refractivity contribution < 1.29 is 9.90 Å². The minimum Gasteiger partial charge on any atom is -0.396 e. The van der Waals surface area contributed by atoms with E-state index in [1.165, 1.54) is 0 Å². The van der Waals surface area contributed by atoms with Crippen LogP contribution >= 0.6 is 11.8 Å². The largest absolute Gasteiger partial charge is 0.396 e. The maximum absolute atomic E-state index is 12.0. The first-order valence-electron chi connectivity index (χ1n) is 6.86. The number of hydrogen-bond acceptors (Lipinski definition) is 4. The van der Waals surface area contributed by atoms with Gasteiger partial charge in [-0.25, -0.2) is 4.98 Å². The molecule has 0 saturated carbocycles. The van der Waals surface area contributed by atoms with E-state index in [4.69, 9.17) is 5.11 Å². The van der Waals surface area contributed by atoms with Crippen LogP contribution in [-0.2, 0) is 0 Å². The molecule has 5 nitrogen and oxygen atoms in total. The average molecular weight is 305 g/mol. The van der Waals surface area contributed by atoms with Crippen molar-refractivity contribution in [3.63, 3.8) is 0 Å². The molecule has 1 heterocycles. The molecule has 1 aromatic carbocycles. The van der Waals surface area contributed by atoms with Crippen LogP contribution in [0.2, 0.25) is 0 Å². The summed E-state index contributed by atoms with van der Waals surface area (Å²) in [6.07, 6.45) is 6.10. The molecule has 2 N–H and O–H groups in total. The highest BCUT2D eigenvalue weighted by Crippen LogP contribution is 2.09. The zero-order chi connectivity index (χ0) is 14.9. The second-order valence-corrected chi connectivity index (χ2v) is 5.69. The summed E-state index contributed by atoms with van der Waals surface area (Å²) < 4.78 is 1.89. The number of thioether (sulfide) groups is 1. The van der Waals surface area contributed by atoms with Gasteiger partial charge < -0.3 is 15.0 Å². The second kappa shape index (κ2) is 8.49. The summed E-state index contributed by atoms with van der Waals surface area (Å²) in [5, 5.41) is 11.6. The fourth-order valence-electron chi connectivity index (χ4n) is 1.80. The van der Waals surface area contributed by atoms with Gasteiger partial charge in [-0.1, -0.05) is 0 Å². The smallest absolute Gasteiger partial charge is 0.251 e. The molecule has 0 aliphatic heterocycles. The van der Waals surface area contributed by atoms with Crippen LogP contribution < -0.4 is 5.32 Å². The Balaban J connectivity index is 1.78. The standard InChI is InChI=1S/C15H19N3O2S/c19-9-1-10-21-11-7-17-15(20)13-2-4-14(5-3-13)18-8-6-16-12-18/h2-6,8,12,19H,1,7,9-11H2,(H,17,20). The molecule has 21 heavy (non-hydrogen) atoms. The van der Waals surface area contributed by atoms with Gasteiger partial charge in [-0.05, 0) is 36.4 Å². The highest BCUT2D eigenvalue weighted by Gasteiger charge is 2.05. The average Bonchev–Trinajstić information content (AvgIpc) is 3.05. The lowest BCUT2D eigenvalue weighted by atomic mass is 10.2. The Labute approximate surface area is 128 Å². The first-order chi connectivity index (χ1) is 10.3. The molecule has 0 radical (unpaired) electrons. The van der Waals surface area contributed by atoms with E-state index in [1.54, 1.807) is 24.3 Å². The molecule has 0 saturated heterocycles. The lowest BCUT2D eigenvalue weighted by molar-refractivity contribution is 0.0956. The quantitative estimate of drug-likeness (QED) is 0.729. The molecule has 0 unspecified atom stereocenters. The molecular weight excluding hydrogens is 286 g/mol. The molecule has 112 valence electrons. The van der Waals surface area contributed by atoms with Crippen LogP contribution in [0.3, 0.4) is 0 Å². The van der Waals surface area contributed by atoms with Crippen molar-refractivity contribution in [2.45, 2.75) is 6.42 Å². The molecule has 6 heteroatoms. The normalized spacial score (nSPS) is 10.5. The van der Waals surface area contributed by atoms with Crippen molar-refractivity contribution in [1.82, 2.24) is 14.9 Å². The summed E-state index contributed by atoms with van der Waals surface area (Å²) in [5.41, 5.74) is 1.63. The van der Waals surface area contributed by atoms with Gasteiger partial charge in [0.1, 0.15) is 0 Å². The van der Waals surface area contributed by atoms with Gasteiger partial charge in [0.15, 0.2) is 0 Å². The maximum atomic E-state index is 12.0. The van der Waals surface area contributed by atoms with Crippen LogP contribution in [-0.4, -0.2) is 45.2 Å². The third kappa shape index (κ3) is 4.91. The van der Waals surface area contributed by atoms with Gasteiger partial charge in [-0.15, -0.1) is 0 Å². The molecule has 0 spiro atoms. The van der Waals surface area contributed by atoms with Crippen LogP contribution in [0.25, 0.3) is 5.69 Å². The number of rotatable bonds is 8. The molecule has 0 fully saturated rings. The van der Waals surface area contributed by atoms with E-state index >= 15 is 0 Å². The summed E-state index contributed by atoms with van der Waals surface area (Å²) in [6, 6.07) is 7.41. The number of nitrogens with zero attached hydrogens (tertiary/aromatic N) is 2. The molecule has 0 aliphatic carbocycles. The minimum absolute atomic E-state index is 0.0602. The molecule has 2 aromatic rings. The number of aliphatic hydroxyl groups excluding tert-OH is 1. The molecule has 2 rings (SSSR count). The summed E-state index contributed by atoms with van der Waals surface area (Å²) in [7, 11) is 0. The molecule has 0 bridgehead atoms. The second-order valence-electron chi connectivity index (χ2n) is 4.46. The molecular formula is C15H19N3O2S. The highest BCUT2D eigenvalue weighted by molar-refractivity contribution is 7.99. The van der Waals surface area contributed by atoms with E-state index in [2.05, 4.69) is 10.3 Å². The van der Waals surface area contributed by atoms with Crippen LogP contribution in [0, 0.1) is 0 Å². The van der Waals surface area contributed by atoms with E-state index < -0.39 is 0 Å². The van der Waals surface area contributed by atoms with Crippen LogP contribution in [0.5, 0.6) is 0 Å². The number of imidazole rings is 1. The number of aromatic nitrogens is 2. The fourth-order valence-corrected chi connectivity index (χ4v) is 2.59. The number of aliphatic hydroxyl groups is 1. The lowest BCUT2D eigenvalue weighted by Crippen LogP contribution is -2.25. The van der Waals surface area contributed by atoms with Gasteiger partial charge in [0, 0.05) is 42.5 Å². The van der Waals surface area contributed by atoms with Crippen LogP contribution in [0.4, 0.5) is 0 Å². The summed E-state index contributed by atoms with van der Waals surface area (Å²) in [6.45, 7) is 0.862.